The maximum absolute atomic E-state index is 12.6. The molecule has 0 aromatic heterocycles. The number of hydrogen-bond donors (Lipinski definition) is 1. The van der Waals surface area contributed by atoms with Crippen molar-refractivity contribution in [2.75, 3.05) is 16.6 Å². The Bertz CT molecular complexity index is 1060. The Morgan fingerprint density at radius 2 is 1.81 bits per heavy atom. The zero-order valence-corrected chi connectivity index (χ0v) is 16.4. The smallest absolute Gasteiger partial charge is 0.242 e. The molecule has 27 heavy (non-hydrogen) atoms. The molecule has 7 nitrogen and oxygen atoms in total. The molecule has 0 atom stereocenters. The second-order valence-electron chi connectivity index (χ2n) is 6.31. The van der Waals surface area contributed by atoms with E-state index in [2.05, 4.69) is 4.72 Å². The molecule has 2 aromatic carbocycles. The first-order valence-corrected chi connectivity index (χ1v) is 11.5. The zero-order valence-electron chi connectivity index (χ0n) is 14.8. The van der Waals surface area contributed by atoms with E-state index >= 15 is 0 Å². The van der Waals surface area contributed by atoms with Crippen molar-refractivity contribution in [3.8, 4) is 0 Å². The molecule has 0 radical (unpaired) electrons. The maximum atomic E-state index is 12.6. The molecule has 144 valence electrons. The van der Waals surface area contributed by atoms with Crippen LogP contribution in [0.15, 0.2) is 53.4 Å². The van der Waals surface area contributed by atoms with Crippen LogP contribution in [-0.2, 0) is 31.3 Å². The van der Waals surface area contributed by atoms with E-state index in [0.717, 1.165) is 9.87 Å². The number of nitrogens with zero attached hydrogens (tertiary/aromatic N) is 1. The van der Waals surface area contributed by atoms with Gasteiger partial charge in [-0.1, -0.05) is 30.3 Å². The highest BCUT2D eigenvalue weighted by Crippen LogP contribution is 2.28. The van der Waals surface area contributed by atoms with Crippen LogP contribution >= 0.6 is 0 Å². The zero-order chi connectivity index (χ0) is 19.7. The number of rotatable bonds is 6. The topological polar surface area (TPSA) is 101 Å². The number of sulfonamides is 2. The van der Waals surface area contributed by atoms with Gasteiger partial charge in [0.15, 0.2) is 0 Å². The van der Waals surface area contributed by atoms with Crippen molar-refractivity contribution in [3.63, 3.8) is 0 Å². The summed E-state index contributed by atoms with van der Waals surface area (Å²) in [7, 11) is -7.43. The summed E-state index contributed by atoms with van der Waals surface area (Å²) in [6, 6.07) is 13.6. The second-order valence-corrected chi connectivity index (χ2v) is 9.98. The van der Waals surface area contributed by atoms with Gasteiger partial charge < -0.3 is 0 Å². The van der Waals surface area contributed by atoms with Crippen molar-refractivity contribution < 1.29 is 21.6 Å². The lowest BCUT2D eigenvalue weighted by Gasteiger charge is -2.17. The quantitative estimate of drug-likeness (QED) is 0.782. The van der Waals surface area contributed by atoms with Gasteiger partial charge in [-0.05, 0) is 42.7 Å². The molecule has 0 aliphatic carbocycles. The normalized spacial score (nSPS) is 16.6. The van der Waals surface area contributed by atoms with E-state index in [9.17, 15) is 21.6 Å². The van der Waals surface area contributed by atoms with Crippen LogP contribution in [0.25, 0.3) is 0 Å². The summed E-state index contributed by atoms with van der Waals surface area (Å²) in [4.78, 5) is 11.9. The van der Waals surface area contributed by atoms with Crippen LogP contribution < -0.4 is 9.03 Å². The van der Waals surface area contributed by atoms with Gasteiger partial charge in [-0.15, -0.1) is 0 Å². The summed E-state index contributed by atoms with van der Waals surface area (Å²) in [6.45, 7) is 1.81. The lowest BCUT2D eigenvalue weighted by molar-refractivity contribution is -0.116. The molecule has 3 rings (SSSR count). The maximum Gasteiger partial charge on any atom is 0.242 e. The Labute approximate surface area is 159 Å². The molecule has 9 heteroatoms. The minimum Gasteiger partial charge on any atom is -0.273 e. The number of carbonyl (C=O) groups excluding carboxylic acids is 1. The second kappa shape index (κ2) is 7.41. The Hall–Kier alpha value is -2.23. The third-order valence-corrected chi connectivity index (χ3v) is 7.62. The highest BCUT2D eigenvalue weighted by Gasteiger charge is 2.36. The molecule has 1 N–H and O–H groups in total. The van der Waals surface area contributed by atoms with Crippen molar-refractivity contribution in [2.24, 2.45) is 0 Å². The summed E-state index contributed by atoms with van der Waals surface area (Å²) in [5.41, 5.74) is 1.55. The van der Waals surface area contributed by atoms with E-state index < -0.39 is 26.0 Å². The van der Waals surface area contributed by atoms with Gasteiger partial charge in [-0.3, -0.25) is 4.79 Å². The summed E-state index contributed by atoms with van der Waals surface area (Å²) in [6.07, 6.45) is 0.486. The number of carbonyl (C=O) groups is 1. The first-order valence-electron chi connectivity index (χ1n) is 8.41. The molecular weight excluding hydrogens is 388 g/mol. The van der Waals surface area contributed by atoms with Gasteiger partial charge in [-0.2, -0.15) is 0 Å². The third kappa shape index (κ3) is 4.20. The van der Waals surface area contributed by atoms with Crippen molar-refractivity contribution in [2.45, 2.75) is 24.7 Å². The molecule has 0 bridgehead atoms. The molecule has 1 amide bonds. The number of anilines is 1. The number of amides is 1. The van der Waals surface area contributed by atoms with Crippen LogP contribution in [0.2, 0.25) is 0 Å². The molecule has 1 heterocycles. The van der Waals surface area contributed by atoms with Gasteiger partial charge in [0.25, 0.3) is 0 Å². The molecule has 1 aliphatic rings. The fourth-order valence-electron chi connectivity index (χ4n) is 2.98. The predicted molar refractivity (Wildman–Crippen MR) is 102 cm³/mol. The molecule has 0 unspecified atom stereocenters. The first kappa shape index (κ1) is 19.5. The van der Waals surface area contributed by atoms with Crippen molar-refractivity contribution in [1.29, 1.82) is 0 Å². The Morgan fingerprint density at radius 1 is 1.11 bits per heavy atom. The predicted octanol–water partition coefficient (Wildman–Crippen LogP) is 1.58. The van der Waals surface area contributed by atoms with Crippen molar-refractivity contribution >= 4 is 31.6 Å². The Kier molecular flexibility index (Phi) is 5.36. The summed E-state index contributed by atoms with van der Waals surface area (Å²) in [5, 5.41) is 0. The monoisotopic (exact) mass is 408 g/mol. The number of benzene rings is 2. The van der Waals surface area contributed by atoms with Gasteiger partial charge in [0, 0.05) is 13.0 Å². The fraction of sp³-hybridized carbons (Fsp3) is 0.278. The summed E-state index contributed by atoms with van der Waals surface area (Å²) < 4.78 is 52.4. The van der Waals surface area contributed by atoms with Gasteiger partial charge in [0.05, 0.1) is 16.3 Å². The van der Waals surface area contributed by atoms with Crippen LogP contribution in [0, 0.1) is 6.92 Å². The first-order chi connectivity index (χ1) is 12.7. The highest BCUT2D eigenvalue weighted by molar-refractivity contribution is 7.94. The van der Waals surface area contributed by atoms with Crippen LogP contribution in [0.3, 0.4) is 0 Å². The molecule has 2 aromatic rings. The molecule has 1 aliphatic heterocycles. The average molecular weight is 409 g/mol. The third-order valence-electron chi connectivity index (χ3n) is 4.31. The Balaban J connectivity index is 1.77. The average Bonchev–Trinajstić information content (AvgIpc) is 2.88. The largest absolute Gasteiger partial charge is 0.273 e. The van der Waals surface area contributed by atoms with E-state index in [1.54, 1.807) is 6.92 Å². The van der Waals surface area contributed by atoms with E-state index in [-0.39, 0.29) is 29.3 Å². The number of hydrogen-bond acceptors (Lipinski definition) is 5. The number of aryl methyl sites for hydroxylation is 1. The molecule has 0 spiro atoms. The fourth-order valence-corrected chi connectivity index (χ4v) is 5.69. The van der Waals surface area contributed by atoms with Crippen LogP contribution in [0.5, 0.6) is 0 Å². The highest BCUT2D eigenvalue weighted by atomic mass is 32.2. The van der Waals surface area contributed by atoms with Gasteiger partial charge in [0.2, 0.25) is 26.0 Å². The standard InChI is InChI=1S/C18H20N2O5S2/c1-14-13-16(20-18(21)10-12-26(20,22)23)7-8-17(14)27(24,25)19-11-9-15-5-3-2-4-6-15/h2-8,13,19H,9-12H2,1H3. The van der Waals surface area contributed by atoms with Crippen LogP contribution in [0.4, 0.5) is 5.69 Å². The van der Waals surface area contributed by atoms with E-state index in [4.69, 9.17) is 0 Å². The van der Waals surface area contributed by atoms with E-state index in [1.165, 1.54) is 18.2 Å². The summed E-state index contributed by atoms with van der Waals surface area (Å²) in [5.74, 6) is -0.739. The van der Waals surface area contributed by atoms with Gasteiger partial charge in [0.1, 0.15) is 0 Å². The summed E-state index contributed by atoms with van der Waals surface area (Å²) >= 11 is 0. The van der Waals surface area contributed by atoms with Crippen LogP contribution in [0.1, 0.15) is 17.5 Å². The molecule has 1 fully saturated rings. The minimum atomic E-state index is -3.75. The van der Waals surface area contributed by atoms with Crippen molar-refractivity contribution in [3.05, 3.63) is 59.7 Å². The minimum absolute atomic E-state index is 0.0587. The molecule has 1 saturated heterocycles. The Morgan fingerprint density at radius 3 is 2.41 bits per heavy atom. The van der Waals surface area contributed by atoms with Crippen LogP contribution in [-0.4, -0.2) is 35.0 Å². The van der Waals surface area contributed by atoms with E-state index in [1.807, 2.05) is 30.3 Å². The number of nitrogens with one attached hydrogen (secondary N) is 1. The SMILES string of the molecule is Cc1cc(N2C(=O)CCS2(=O)=O)ccc1S(=O)(=O)NCCc1ccccc1. The molecule has 0 saturated carbocycles. The van der Waals surface area contributed by atoms with Gasteiger partial charge >= 0.3 is 0 Å². The molecular formula is C18H20N2O5S2. The van der Waals surface area contributed by atoms with E-state index in [0.29, 0.717) is 12.0 Å². The van der Waals surface area contributed by atoms with Crippen molar-refractivity contribution in [1.82, 2.24) is 4.72 Å². The lowest BCUT2D eigenvalue weighted by atomic mass is 10.2. The van der Waals surface area contributed by atoms with Gasteiger partial charge in [-0.25, -0.2) is 25.9 Å². The lowest BCUT2D eigenvalue weighted by Crippen LogP contribution is -2.30.